The lowest BCUT2D eigenvalue weighted by molar-refractivity contribution is 0.0274. The van der Waals surface area contributed by atoms with E-state index in [0.29, 0.717) is 11.1 Å². The summed E-state index contributed by atoms with van der Waals surface area (Å²) in [5, 5.41) is 0. The lowest BCUT2D eigenvalue weighted by Crippen LogP contribution is -2.55. The molecule has 0 atom stereocenters. The summed E-state index contributed by atoms with van der Waals surface area (Å²) in [6.45, 7) is 25.8. The van der Waals surface area contributed by atoms with Gasteiger partial charge in [-0.1, -0.05) is 0 Å². The molecule has 0 amide bonds. The highest BCUT2D eigenvalue weighted by Crippen LogP contribution is 2.27. The molecule has 27 heavy (non-hydrogen) atoms. The lowest BCUT2D eigenvalue weighted by Gasteiger charge is -2.46. The summed E-state index contributed by atoms with van der Waals surface area (Å²) in [6.07, 6.45) is 5.57. The normalized spacial score (nSPS) is 27.3. The maximum absolute atomic E-state index is 2.83. The molecule has 0 bridgehead atoms. The molecule has 158 valence electrons. The molecular formula is C23H46N4. The topological polar surface area (TPSA) is 13.0 Å². The molecule has 3 rings (SSSR count). The fraction of sp³-hybridized carbons (Fsp3) is 1.00. The van der Waals surface area contributed by atoms with Crippen molar-refractivity contribution < 1.29 is 0 Å². The average molecular weight is 379 g/mol. The van der Waals surface area contributed by atoms with Crippen molar-refractivity contribution in [2.45, 2.75) is 84.3 Å². The van der Waals surface area contributed by atoms with E-state index >= 15 is 0 Å². The van der Waals surface area contributed by atoms with Crippen LogP contribution in [0.15, 0.2) is 0 Å². The lowest BCUT2D eigenvalue weighted by atomic mass is 9.91. The van der Waals surface area contributed by atoms with Crippen LogP contribution in [0.4, 0.5) is 0 Å². The summed E-state index contributed by atoms with van der Waals surface area (Å²) in [5.41, 5.74) is 0.676. The van der Waals surface area contributed by atoms with Gasteiger partial charge >= 0.3 is 0 Å². The zero-order valence-electron chi connectivity index (χ0n) is 19.1. The molecule has 0 aromatic rings. The second kappa shape index (κ2) is 8.69. The molecule has 3 saturated heterocycles. The van der Waals surface area contributed by atoms with E-state index in [4.69, 9.17) is 0 Å². The largest absolute Gasteiger partial charge is 0.301 e. The number of hydrogen-bond acceptors (Lipinski definition) is 4. The number of likely N-dealkylation sites (tertiary alicyclic amines) is 2. The molecule has 3 fully saturated rings. The van der Waals surface area contributed by atoms with Crippen molar-refractivity contribution in [3.05, 3.63) is 0 Å². The number of piperazine rings is 1. The van der Waals surface area contributed by atoms with Crippen LogP contribution in [0.25, 0.3) is 0 Å². The molecule has 4 heteroatoms. The third-order valence-electron chi connectivity index (χ3n) is 7.42. The average Bonchev–Trinajstić information content (AvgIpc) is 2.61. The number of hydrogen-bond donors (Lipinski definition) is 0. The van der Waals surface area contributed by atoms with E-state index in [9.17, 15) is 0 Å². The smallest absolute Gasteiger partial charge is 0.0126 e. The number of piperidine rings is 2. The first-order valence-electron chi connectivity index (χ1n) is 11.6. The first kappa shape index (κ1) is 21.5. The maximum atomic E-state index is 2.83. The van der Waals surface area contributed by atoms with Crippen molar-refractivity contribution in [3.8, 4) is 0 Å². The van der Waals surface area contributed by atoms with Crippen LogP contribution in [-0.2, 0) is 0 Å². The predicted molar refractivity (Wildman–Crippen MR) is 116 cm³/mol. The Morgan fingerprint density at radius 2 is 1.07 bits per heavy atom. The molecule has 0 radical (unpaired) electrons. The summed E-state index contributed by atoms with van der Waals surface area (Å²) >= 11 is 0. The van der Waals surface area contributed by atoms with Crippen molar-refractivity contribution in [3.63, 3.8) is 0 Å². The van der Waals surface area contributed by atoms with Gasteiger partial charge < -0.3 is 9.80 Å². The standard InChI is InChI=1S/C23H46N4/c1-22(2,3)26-13-9-21(10-14-26)25-11-7-20(8-12-25)19-24-15-17-27(18-16-24)23(4,5)6/h20-21H,7-19H2,1-6H3. The van der Waals surface area contributed by atoms with Crippen LogP contribution in [0, 0.1) is 5.92 Å². The van der Waals surface area contributed by atoms with Crippen molar-refractivity contribution in [1.82, 2.24) is 19.6 Å². The Labute approximate surface area is 169 Å². The van der Waals surface area contributed by atoms with Gasteiger partial charge in [0.1, 0.15) is 0 Å². The molecule has 0 N–H and O–H groups in total. The van der Waals surface area contributed by atoms with Gasteiger partial charge in [-0.3, -0.25) is 9.80 Å². The predicted octanol–water partition coefficient (Wildman–Crippen LogP) is 3.38. The molecular weight excluding hydrogens is 332 g/mol. The summed E-state index contributed by atoms with van der Waals surface area (Å²) in [4.78, 5) is 10.9. The van der Waals surface area contributed by atoms with Gasteiger partial charge in [-0.05, 0) is 86.2 Å². The fourth-order valence-corrected chi connectivity index (χ4v) is 5.37. The van der Waals surface area contributed by atoms with E-state index in [1.807, 2.05) is 0 Å². The molecule has 3 aliphatic heterocycles. The summed E-state index contributed by atoms with van der Waals surface area (Å²) in [6, 6.07) is 0.847. The first-order valence-corrected chi connectivity index (χ1v) is 11.6. The molecule has 0 saturated carbocycles. The third-order valence-corrected chi connectivity index (χ3v) is 7.42. The van der Waals surface area contributed by atoms with Gasteiger partial charge in [-0.25, -0.2) is 0 Å². The van der Waals surface area contributed by atoms with Crippen LogP contribution in [0.3, 0.4) is 0 Å². The molecule has 0 aromatic heterocycles. The van der Waals surface area contributed by atoms with Gasteiger partial charge in [-0.2, -0.15) is 0 Å². The van der Waals surface area contributed by atoms with Gasteiger partial charge in [0, 0.05) is 62.9 Å². The minimum atomic E-state index is 0.333. The van der Waals surface area contributed by atoms with Crippen LogP contribution >= 0.6 is 0 Å². The van der Waals surface area contributed by atoms with Crippen LogP contribution in [-0.4, -0.2) is 95.6 Å². The van der Waals surface area contributed by atoms with Crippen molar-refractivity contribution >= 4 is 0 Å². The third kappa shape index (κ3) is 5.91. The van der Waals surface area contributed by atoms with Crippen LogP contribution < -0.4 is 0 Å². The number of nitrogens with zero attached hydrogens (tertiary/aromatic N) is 4. The minimum absolute atomic E-state index is 0.333. The van der Waals surface area contributed by atoms with Crippen molar-refractivity contribution in [2.24, 2.45) is 5.92 Å². The van der Waals surface area contributed by atoms with E-state index in [1.165, 1.54) is 84.6 Å². The second-order valence-corrected chi connectivity index (χ2v) is 11.3. The van der Waals surface area contributed by atoms with Gasteiger partial charge in [0.05, 0.1) is 0 Å². The van der Waals surface area contributed by atoms with E-state index in [1.54, 1.807) is 0 Å². The zero-order valence-corrected chi connectivity index (χ0v) is 19.1. The summed E-state index contributed by atoms with van der Waals surface area (Å²) in [7, 11) is 0. The Kier molecular flexibility index (Phi) is 6.93. The number of rotatable bonds is 3. The Hall–Kier alpha value is -0.160. The second-order valence-electron chi connectivity index (χ2n) is 11.3. The molecule has 0 unspecified atom stereocenters. The van der Waals surface area contributed by atoms with Gasteiger partial charge in [0.25, 0.3) is 0 Å². The van der Waals surface area contributed by atoms with Gasteiger partial charge in [-0.15, -0.1) is 0 Å². The highest BCUT2D eigenvalue weighted by molar-refractivity contribution is 4.88. The maximum Gasteiger partial charge on any atom is 0.0126 e. The van der Waals surface area contributed by atoms with Gasteiger partial charge in [0.15, 0.2) is 0 Å². The summed E-state index contributed by atoms with van der Waals surface area (Å²) in [5.74, 6) is 0.928. The SMILES string of the molecule is CC(C)(C)N1CCC(N2CCC(CN3CCN(C(C)(C)C)CC3)CC2)CC1. The fourth-order valence-electron chi connectivity index (χ4n) is 5.37. The molecule has 0 aromatic carbocycles. The van der Waals surface area contributed by atoms with Crippen LogP contribution in [0.1, 0.15) is 67.2 Å². The van der Waals surface area contributed by atoms with E-state index < -0.39 is 0 Å². The van der Waals surface area contributed by atoms with Crippen molar-refractivity contribution in [1.29, 1.82) is 0 Å². The van der Waals surface area contributed by atoms with E-state index in [0.717, 1.165) is 12.0 Å². The van der Waals surface area contributed by atoms with Crippen LogP contribution in [0.2, 0.25) is 0 Å². The first-order chi connectivity index (χ1) is 12.6. The Balaban J connectivity index is 1.35. The molecule has 3 heterocycles. The Morgan fingerprint density at radius 1 is 0.593 bits per heavy atom. The van der Waals surface area contributed by atoms with Gasteiger partial charge in [0.2, 0.25) is 0 Å². The quantitative estimate of drug-likeness (QED) is 0.746. The highest BCUT2D eigenvalue weighted by Gasteiger charge is 2.32. The molecule has 0 aliphatic carbocycles. The minimum Gasteiger partial charge on any atom is -0.301 e. The van der Waals surface area contributed by atoms with E-state index in [2.05, 4.69) is 61.1 Å². The molecule has 0 spiro atoms. The summed E-state index contributed by atoms with van der Waals surface area (Å²) < 4.78 is 0. The Morgan fingerprint density at radius 3 is 1.56 bits per heavy atom. The monoisotopic (exact) mass is 378 g/mol. The van der Waals surface area contributed by atoms with E-state index in [-0.39, 0.29) is 0 Å². The highest BCUT2D eigenvalue weighted by atomic mass is 15.3. The Bertz CT molecular complexity index is 440. The zero-order chi connectivity index (χ0) is 19.7. The molecule has 4 nitrogen and oxygen atoms in total. The molecule has 3 aliphatic rings. The van der Waals surface area contributed by atoms with Crippen LogP contribution in [0.5, 0.6) is 0 Å². The van der Waals surface area contributed by atoms with Crippen molar-refractivity contribution in [2.75, 3.05) is 58.9 Å².